The Hall–Kier alpha value is -1.67. The fraction of sp³-hybridized carbons (Fsp3) is 0.353. The molecule has 0 amide bonds. The number of allylic oxidation sites excluding steroid dienone is 1. The van der Waals surface area contributed by atoms with Crippen LogP contribution in [0.2, 0.25) is 0 Å². The highest BCUT2D eigenvalue weighted by molar-refractivity contribution is 5.82. The summed E-state index contributed by atoms with van der Waals surface area (Å²) in [4.78, 5) is 4.35. The second-order valence-electron chi connectivity index (χ2n) is 5.25. The number of hydrogen-bond donors (Lipinski definition) is 1. The molecule has 0 fully saturated rings. The van der Waals surface area contributed by atoms with Crippen molar-refractivity contribution in [2.24, 2.45) is 0 Å². The molecule has 19 heavy (non-hydrogen) atoms. The first-order valence-electron chi connectivity index (χ1n) is 7.04. The molecule has 2 heteroatoms. The SMILES string of the molecule is OC(CC1=CCCCC1)c1cccc2ncccc12. The summed E-state index contributed by atoms with van der Waals surface area (Å²) in [6.07, 6.45) is 9.29. The van der Waals surface area contributed by atoms with Crippen molar-refractivity contribution in [3.63, 3.8) is 0 Å². The van der Waals surface area contributed by atoms with Crippen molar-refractivity contribution in [1.29, 1.82) is 0 Å². The lowest BCUT2D eigenvalue weighted by Crippen LogP contribution is -2.02. The molecule has 0 saturated carbocycles. The van der Waals surface area contributed by atoms with Crippen LogP contribution >= 0.6 is 0 Å². The standard InChI is InChI=1S/C17H19NO/c19-17(12-13-6-2-1-3-7-13)15-8-4-10-16-14(15)9-5-11-18-16/h4-6,8-11,17,19H,1-3,7,12H2. The van der Waals surface area contributed by atoms with Gasteiger partial charge in [-0.15, -0.1) is 0 Å². The van der Waals surface area contributed by atoms with E-state index in [1.807, 2.05) is 30.3 Å². The van der Waals surface area contributed by atoms with Crippen LogP contribution in [0.1, 0.15) is 43.8 Å². The normalized spacial score (nSPS) is 17.2. The molecule has 0 bridgehead atoms. The molecule has 1 aromatic carbocycles. The molecule has 2 nitrogen and oxygen atoms in total. The third-order valence-corrected chi connectivity index (χ3v) is 3.88. The number of hydrogen-bond acceptors (Lipinski definition) is 2. The van der Waals surface area contributed by atoms with Crippen molar-refractivity contribution < 1.29 is 5.11 Å². The van der Waals surface area contributed by atoms with Crippen molar-refractivity contribution >= 4 is 10.9 Å². The summed E-state index contributed by atoms with van der Waals surface area (Å²) in [6.45, 7) is 0. The minimum absolute atomic E-state index is 0.419. The van der Waals surface area contributed by atoms with E-state index < -0.39 is 6.10 Å². The Morgan fingerprint density at radius 2 is 2.11 bits per heavy atom. The van der Waals surface area contributed by atoms with Crippen LogP contribution in [0.4, 0.5) is 0 Å². The molecule has 0 spiro atoms. The van der Waals surface area contributed by atoms with Gasteiger partial charge in [0, 0.05) is 11.6 Å². The predicted octanol–water partition coefficient (Wildman–Crippen LogP) is 4.16. The highest BCUT2D eigenvalue weighted by Crippen LogP contribution is 2.30. The first-order chi connectivity index (χ1) is 9.34. The second kappa shape index (κ2) is 5.54. The topological polar surface area (TPSA) is 33.1 Å². The van der Waals surface area contributed by atoms with Gasteiger partial charge in [0.2, 0.25) is 0 Å². The van der Waals surface area contributed by atoms with Crippen LogP contribution in [-0.2, 0) is 0 Å². The van der Waals surface area contributed by atoms with Crippen molar-refractivity contribution in [3.05, 3.63) is 53.7 Å². The van der Waals surface area contributed by atoms with E-state index >= 15 is 0 Å². The Kier molecular flexibility index (Phi) is 3.60. The Morgan fingerprint density at radius 1 is 1.16 bits per heavy atom. The van der Waals surface area contributed by atoms with Gasteiger partial charge in [0.05, 0.1) is 11.6 Å². The first-order valence-corrected chi connectivity index (χ1v) is 7.04. The number of rotatable bonds is 3. The van der Waals surface area contributed by atoms with Gasteiger partial charge in [-0.2, -0.15) is 0 Å². The van der Waals surface area contributed by atoms with Gasteiger partial charge in [0.25, 0.3) is 0 Å². The van der Waals surface area contributed by atoms with Gasteiger partial charge >= 0.3 is 0 Å². The van der Waals surface area contributed by atoms with Crippen LogP contribution in [-0.4, -0.2) is 10.1 Å². The average Bonchev–Trinajstić information content (AvgIpc) is 2.47. The largest absolute Gasteiger partial charge is 0.388 e. The summed E-state index contributed by atoms with van der Waals surface area (Å²) < 4.78 is 0. The Labute approximate surface area is 113 Å². The Balaban J connectivity index is 1.88. The summed E-state index contributed by atoms with van der Waals surface area (Å²) in [5, 5.41) is 11.6. The Morgan fingerprint density at radius 3 is 2.95 bits per heavy atom. The summed E-state index contributed by atoms with van der Waals surface area (Å²) >= 11 is 0. The molecule has 1 heterocycles. The number of nitrogens with zero attached hydrogens (tertiary/aromatic N) is 1. The summed E-state index contributed by atoms with van der Waals surface area (Å²) in [5.41, 5.74) is 3.35. The van der Waals surface area contributed by atoms with E-state index in [1.165, 1.54) is 24.8 Å². The predicted molar refractivity (Wildman–Crippen MR) is 77.9 cm³/mol. The lowest BCUT2D eigenvalue weighted by Gasteiger charge is -2.18. The van der Waals surface area contributed by atoms with Crippen molar-refractivity contribution in [3.8, 4) is 0 Å². The van der Waals surface area contributed by atoms with Crippen molar-refractivity contribution in [2.45, 2.75) is 38.2 Å². The molecule has 1 unspecified atom stereocenters. The average molecular weight is 253 g/mol. The number of aromatic nitrogens is 1. The molecular formula is C17H19NO. The molecular weight excluding hydrogens is 234 g/mol. The quantitative estimate of drug-likeness (QED) is 0.833. The molecule has 98 valence electrons. The fourth-order valence-electron chi connectivity index (χ4n) is 2.87. The fourth-order valence-corrected chi connectivity index (χ4v) is 2.87. The summed E-state index contributed by atoms with van der Waals surface area (Å²) in [6, 6.07) is 9.95. The first kappa shape index (κ1) is 12.4. The van der Waals surface area contributed by atoms with E-state index in [2.05, 4.69) is 11.1 Å². The van der Waals surface area contributed by atoms with Crippen LogP contribution in [0.15, 0.2) is 48.2 Å². The highest BCUT2D eigenvalue weighted by atomic mass is 16.3. The number of fused-ring (bicyclic) bond motifs is 1. The lowest BCUT2D eigenvalue weighted by atomic mass is 9.92. The zero-order chi connectivity index (χ0) is 13.1. The second-order valence-corrected chi connectivity index (χ2v) is 5.25. The van der Waals surface area contributed by atoms with E-state index in [0.717, 1.165) is 29.3 Å². The van der Waals surface area contributed by atoms with Crippen LogP contribution in [0, 0.1) is 0 Å². The van der Waals surface area contributed by atoms with E-state index in [0.29, 0.717) is 0 Å². The molecule has 0 radical (unpaired) electrons. The molecule has 1 aliphatic carbocycles. The molecule has 1 aliphatic rings. The van der Waals surface area contributed by atoms with Gasteiger partial charge in [-0.25, -0.2) is 0 Å². The van der Waals surface area contributed by atoms with Crippen LogP contribution < -0.4 is 0 Å². The summed E-state index contributed by atoms with van der Waals surface area (Å²) in [5.74, 6) is 0. The molecule has 1 N–H and O–H groups in total. The molecule has 0 saturated heterocycles. The maximum atomic E-state index is 10.5. The third kappa shape index (κ3) is 2.69. The zero-order valence-corrected chi connectivity index (χ0v) is 11.0. The van der Waals surface area contributed by atoms with E-state index in [-0.39, 0.29) is 0 Å². The van der Waals surface area contributed by atoms with Crippen LogP contribution in [0.3, 0.4) is 0 Å². The van der Waals surface area contributed by atoms with Gasteiger partial charge in [-0.3, -0.25) is 4.98 Å². The van der Waals surface area contributed by atoms with Crippen LogP contribution in [0.25, 0.3) is 10.9 Å². The maximum absolute atomic E-state index is 10.5. The molecule has 3 rings (SSSR count). The van der Waals surface area contributed by atoms with Gasteiger partial charge in [0.15, 0.2) is 0 Å². The number of pyridine rings is 1. The van der Waals surface area contributed by atoms with Crippen molar-refractivity contribution in [1.82, 2.24) is 4.98 Å². The number of aliphatic hydroxyl groups is 1. The molecule has 2 aromatic rings. The minimum atomic E-state index is -0.419. The lowest BCUT2D eigenvalue weighted by molar-refractivity contribution is 0.178. The van der Waals surface area contributed by atoms with Gasteiger partial charge in [-0.05, 0) is 49.8 Å². The van der Waals surface area contributed by atoms with Crippen LogP contribution in [0.5, 0.6) is 0 Å². The minimum Gasteiger partial charge on any atom is -0.388 e. The number of benzene rings is 1. The van der Waals surface area contributed by atoms with Gasteiger partial charge < -0.3 is 5.11 Å². The smallest absolute Gasteiger partial charge is 0.0833 e. The van der Waals surface area contributed by atoms with Gasteiger partial charge in [0.1, 0.15) is 0 Å². The molecule has 0 aliphatic heterocycles. The Bertz CT molecular complexity index is 598. The monoisotopic (exact) mass is 253 g/mol. The van der Waals surface area contributed by atoms with Crippen molar-refractivity contribution in [2.75, 3.05) is 0 Å². The summed E-state index contributed by atoms with van der Waals surface area (Å²) in [7, 11) is 0. The molecule has 1 atom stereocenters. The highest BCUT2D eigenvalue weighted by Gasteiger charge is 2.14. The van der Waals surface area contributed by atoms with E-state index in [9.17, 15) is 5.11 Å². The number of aliphatic hydroxyl groups excluding tert-OH is 1. The zero-order valence-electron chi connectivity index (χ0n) is 11.0. The third-order valence-electron chi connectivity index (χ3n) is 3.88. The maximum Gasteiger partial charge on any atom is 0.0833 e. The molecule has 1 aromatic heterocycles. The van der Waals surface area contributed by atoms with E-state index in [4.69, 9.17) is 0 Å². The van der Waals surface area contributed by atoms with E-state index in [1.54, 1.807) is 6.20 Å². The van der Waals surface area contributed by atoms with Gasteiger partial charge in [-0.1, -0.05) is 29.8 Å².